The molecule has 0 bridgehead atoms. The smallest absolute Gasteiger partial charge is 0.166 e. The van der Waals surface area contributed by atoms with Crippen molar-refractivity contribution in [1.29, 1.82) is 0 Å². The van der Waals surface area contributed by atoms with Gasteiger partial charge in [0.05, 0.1) is 0 Å². The highest BCUT2D eigenvalue weighted by molar-refractivity contribution is 6.30. The molecule has 19 heavy (non-hydrogen) atoms. The predicted molar refractivity (Wildman–Crippen MR) is 75.3 cm³/mol. The second kappa shape index (κ2) is 5.59. The number of hydrogen-bond acceptors (Lipinski definition) is 2. The average molecular weight is 280 g/mol. The van der Waals surface area contributed by atoms with Crippen molar-refractivity contribution in [1.82, 2.24) is 0 Å². The SMILES string of the molecule is Cc1ccc(Cl)cc1Oc1ccc(C(C)N)cc1F. The van der Waals surface area contributed by atoms with E-state index in [2.05, 4.69) is 0 Å². The van der Waals surface area contributed by atoms with Gasteiger partial charge in [-0.05, 0) is 49.2 Å². The number of aryl methyl sites for hydroxylation is 1. The van der Waals surface area contributed by atoms with E-state index in [0.717, 1.165) is 11.1 Å². The molecular weight excluding hydrogens is 265 g/mol. The minimum absolute atomic E-state index is 0.162. The summed E-state index contributed by atoms with van der Waals surface area (Å²) in [5.74, 6) is 0.267. The van der Waals surface area contributed by atoms with Gasteiger partial charge in [0, 0.05) is 11.1 Å². The average Bonchev–Trinajstić information content (AvgIpc) is 2.36. The first-order valence-corrected chi connectivity index (χ1v) is 6.34. The summed E-state index contributed by atoms with van der Waals surface area (Å²) in [5, 5.41) is 0.549. The summed E-state index contributed by atoms with van der Waals surface area (Å²) >= 11 is 5.90. The Bertz CT molecular complexity index is 599. The zero-order valence-corrected chi connectivity index (χ0v) is 11.5. The lowest BCUT2D eigenvalue weighted by atomic mass is 10.1. The lowest BCUT2D eigenvalue weighted by Crippen LogP contribution is -2.05. The maximum atomic E-state index is 13.9. The molecule has 0 heterocycles. The van der Waals surface area contributed by atoms with Crippen LogP contribution < -0.4 is 10.5 Å². The Kier molecular flexibility index (Phi) is 4.08. The molecular formula is C15H15ClFNO. The van der Waals surface area contributed by atoms with Gasteiger partial charge in [0.25, 0.3) is 0 Å². The maximum absolute atomic E-state index is 13.9. The summed E-state index contributed by atoms with van der Waals surface area (Å²) in [5.41, 5.74) is 7.32. The Hall–Kier alpha value is -1.58. The second-order valence-corrected chi connectivity index (χ2v) is 4.93. The fourth-order valence-electron chi connectivity index (χ4n) is 1.69. The molecule has 2 rings (SSSR count). The van der Waals surface area contributed by atoms with Crippen molar-refractivity contribution >= 4 is 11.6 Å². The van der Waals surface area contributed by atoms with Crippen LogP contribution in [0.25, 0.3) is 0 Å². The summed E-state index contributed by atoms with van der Waals surface area (Å²) in [7, 11) is 0. The highest BCUT2D eigenvalue weighted by Gasteiger charge is 2.10. The van der Waals surface area contributed by atoms with Crippen LogP contribution in [0, 0.1) is 12.7 Å². The van der Waals surface area contributed by atoms with E-state index in [9.17, 15) is 4.39 Å². The molecule has 0 aliphatic rings. The first-order valence-electron chi connectivity index (χ1n) is 5.96. The molecule has 100 valence electrons. The van der Waals surface area contributed by atoms with Gasteiger partial charge in [-0.1, -0.05) is 23.7 Å². The summed E-state index contributed by atoms with van der Waals surface area (Å²) < 4.78 is 19.5. The number of benzene rings is 2. The quantitative estimate of drug-likeness (QED) is 0.891. The first kappa shape index (κ1) is 13.8. The van der Waals surface area contributed by atoms with Crippen molar-refractivity contribution in [2.45, 2.75) is 19.9 Å². The zero-order chi connectivity index (χ0) is 14.0. The lowest BCUT2D eigenvalue weighted by molar-refractivity contribution is 0.438. The fourth-order valence-corrected chi connectivity index (χ4v) is 1.85. The first-order chi connectivity index (χ1) is 8.97. The van der Waals surface area contributed by atoms with Crippen LogP contribution in [0.15, 0.2) is 36.4 Å². The molecule has 1 unspecified atom stereocenters. The monoisotopic (exact) mass is 279 g/mol. The van der Waals surface area contributed by atoms with Gasteiger partial charge in [-0.2, -0.15) is 0 Å². The van der Waals surface area contributed by atoms with Gasteiger partial charge in [0.15, 0.2) is 11.6 Å². The molecule has 0 amide bonds. The third-order valence-corrected chi connectivity index (χ3v) is 3.09. The molecule has 2 aromatic rings. The zero-order valence-electron chi connectivity index (χ0n) is 10.8. The van der Waals surface area contributed by atoms with Crippen LogP contribution in [-0.4, -0.2) is 0 Å². The molecule has 0 spiro atoms. The number of halogens is 2. The number of hydrogen-bond donors (Lipinski definition) is 1. The summed E-state index contributed by atoms with van der Waals surface area (Å²) in [6.07, 6.45) is 0. The predicted octanol–water partition coefficient (Wildman–Crippen LogP) is 4.60. The van der Waals surface area contributed by atoms with Gasteiger partial charge in [-0.15, -0.1) is 0 Å². The summed E-state index contributed by atoms with van der Waals surface area (Å²) in [4.78, 5) is 0. The van der Waals surface area contributed by atoms with Crippen molar-refractivity contribution in [3.05, 3.63) is 58.4 Å². The lowest BCUT2D eigenvalue weighted by Gasteiger charge is -2.12. The van der Waals surface area contributed by atoms with Crippen molar-refractivity contribution in [3.63, 3.8) is 0 Å². The van der Waals surface area contributed by atoms with Gasteiger partial charge < -0.3 is 10.5 Å². The molecule has 0 radical (unpaired) electrons. The molecule has 0 fully saturated rings. The van der Waals surface area contributed by atoms with Crippen LogP contribution >= 0.6 is 11.6 Å². The third kappa shape index (κ3) is 3.25. The molecule has 0 aromatic heterocycles. The largest absolute Gasteiger partial charge is 0.454 e. The summed E-state index contributed by atoms with van der Waals surface area (Å²) in [6.45, 7) is 3.68. The highest BCUT2D eigenvalue weighted by atomic mass is 35.5. The van der Waals surface area contributed by atoms with E-state index >= 15 is 0 Å². The van der Waals surface area contributed by atoms with Crippen molar-refractivity contribution in [2.24, 2.45) is 5.73 Å². The van der Waals surface area contributed by atoms with Gasteiger partial charge in [-0.3, -0.25) is 0 Å². The normalized spacial score (nSPS) is 12.3. The van der Waals surface area contributed by atoms with E-state index < -0.39 is 5.82 Å². The molecule has 0 aliphatic carbocycles. The van der Waals surface area contributed by atoms with Crippen LogP contribution in [0.5, 0.6) is 11.5 Å². The molecule has 4 heteroatoms. The Morgan fingerprint density at radius 3 is 2.53 bits per heavy atom. The molecule has 0 aliphatic heterocycles. The molecule has 1 atom stereocenters. The molecule has 0 saturated heterocycles. The van der Waals surface area contributed by atoms with Crippen molar-refractivity contribution in [3.8, 4) is 11.5 Å². The minimum atomic E-state index is -0.436. The fraction of sp³-hybridized carbons (Fsp3) is 0.200. The Labute approximate surface area is 117 Å². The highest BCUT2D eigenvalue weighted by Crippen LogP contribution is 2.30. The number of nitrogens with two attached hydrogens (primary N) is 1. The van der Waals surface area contributed by atoms with Crippen LogP contribution in [0.3, 0.4) is 0 Å². The molecule has 2 aromatic carbocycles. The van der Waals surface area contributed by atoms with Gasteiger partial charge in [-0.25, -0.2) is 4.39 Å². The Balaban J connectivity index is 2.31. The standard InChI is InChI=1S/C15H15ClFNO/c1-9-3-5-12(16)8-15(9)19-14-6-4-11(10(2)18)7-13(14)17/h3-8,10H,18H2,1-2H3. The second-order valence-electron chi connectivity index (χ2n) is 4.49. The van der Waals surface area contributed by atoms with Crippen molar-refractivity contribution < 1.29 is 9.13 Å². The van der Waals surface area contributed by atoms with Gasteiger partial charge in [0.1, 0.15) is 5.75 Å². The van der Waals surface area contributed by atoms with E-state index in [-0.39, 0.29) is 11.8 Å². The Morgan fingerprint density at radius 2 is 1.89 bits per heavy atom. The van der Waals surface area contributed by atoms with E-state index in [0.29, 0.717) is 10.8 Å². The van der Waals surface area contributed by atoms with E-state index in [1.165, 1.54) is 6.07 Å². The van der Waals surface area contributed by atoms with Crippen LogP contribution in [-0.2, 0) is 0 Å². The van der Waals surface area contributed by atoms with E-state index in [1.807, 2.05) is 13.0 Å². The van der Waals surface area contributed by atoms with Gasteiger partial charge in [0.2, 0.25) is 0 Å². The van der Waals surface area contributed by atoms with Gasteiger partial charge >= 0.3 is 0 Å². The molecule has 2 N–H and O–H groups in total. The number of rotatable bonds is 3. The molecule has 0 saturated carbocycles. The van der Waals surface area contributed by atoms with E-state index in [1.54, 1.807) is 31.2 Å². The van der Waals surface area contributed by atoms with Crippen LogP contribution in [0.1, 0.15) is 24.1 Å². The minimum Gasteiger partial charge on any atom is -0.454 e. The number of ether oxygens (including phenoxy) is 1. The van der Waals surface area contributed by atoms with Crippen LogP contribution in [0.2, 0.25) is 5.02 Å². The molecule has 2 nitrogen and oxygen atoms in total. The van der Waals surface area contributed by atoms with Crippen molar-refractivity contribution in [2.75, 3.05) is 0 Å². The maximum Gasteiger partial charge on any atom is 0.166 e. The van der Waals surface area contributed by atoms with E-state index in [4.69, 9.17) is 22.1 Å². The topological polar surface area (TPSA) is 35.2 Å². The van der Waals surface area contributed by atoms with Crippen LogP contribution in [0.4, 0.5) is 4.39 Å². The Morgan fingerprint density at radius 1 is 1.16 bits per heavy atom. The third-order valence-electron chi connectivity index (χ3n) is 2.85. The summed E-state index contributed by atoms with van der Waals surface area (Å²) in [6, 6.07) is 9.76.